The number of amides is 2. The third-order valence-corrected chi connectivity index (χ3v) is 5.87. The smallest absolute Gasteiger partial charge is 0.352 e. The zero-order valence-corrected chi connectivity index (χ0v) is 17.3. The van der Waals surface area contributed by atoms with Gasteiger partial charge in [0.2, 0.25) is 11.8 Å². The number of carboxylic acids is 1. The molecule has 0 spiro atoms. The number of hydrogen-bond acceptors (Lipinski definition) is 3. The molecule has 0 aliphatic carbocycles. The van der Waals surface area contributed by atoms with Crippen molar-refractivity contribution < 1.29 is 28.3 Å². The third kappa shape index (κ3) is 3.70. The Bertz CT molecular complexity index is 1270. The minimum Gasteiger partial charge on any atom is -0.477 e. The van der Waals surface area contributed by atoms with Crippen molar-refractivity contribution in [3.63, 3.8) is 0 Å². The summed E-state index contributed by atoms with van der Waals surface area (Å²) in [6, 6.07) is 7.50. The number of likely N-dealkylation sites (tertiary alicyclic amines) is 1. The monoisotopic (exact) mass is 441 g/mol. The van der Waals surface area contributed by atoms with Gasteiger partial charge in [-0.25, -0.2) is 13.6 Å². The fraction of sp³-hybridized carbons (Fsp3) is 0.261. The second-order valence-corrected chi connectivity index (χ2v) is 7.91. The fourth-order valence-corrected chi connectivity index (χ4v) is 4.46. The molecule has 2 heterocycles. The molecule has 1 saturated heterocycles. The van der Waals surface area contributed by atoms with Gasteiger partial charge in [0, 0.05) is 42.5 Å². The molecule has 2 amide bonds. The summed E-state index contributed by atoms with van der Waals surface area (Å²) < 4.78 is 29.9. The average molecular weight is 441 g/mol. The highest BCUT2D eigenvalue weighted by atomic mass is 19.1. The minimum absolute atomic E-state index is 0.0438. The summed E-state index contributed by atoms with van der Waals surface area (Å²) >= 11 is 0. The van der Waals surface area contributed by atoms with Crippen molar-refractivity contribution in [3.05, 3.63) is 59.3 Å². The molecule has 32 heavy (non-hydrogen) atoms. The zero-order chi connectivity index (χ0) is 23.2. The standard InChI is InChI=1S/C23H21F2N3O4/c1-12(29)27-6-2-3-16(11-27)28-19-5-4-13(7-14(19)8-20(28)23(31)32)21-17(22(26)30)9-15(24)10-18(21)25/h4-5,7-10,16H,2-3,6,11H2,1H3,(H2,26,30)(H,31,32)/t16-/m0/s1. The lowest BCUT2D eigenvalue weighted by Crippen LogP contribution is -2.40. The summed E-state index contributed by atoms with van der Waals surface area (Å²) in [6.07, 6.45) is 1.44. The Morgan fingerprint density at radius 2 is 1.88 bits per heavy atom. The third-order valence-electron chi connectivity index (χ3n) is 5.87. The van der Waals surface area contributed by atoms with Crippen LogP contribution in [0.25, 0.3) is 22.0 Å². The van der Waals surface area contributed by atoms with Crippen LogP contribution < -0.4 is 5.73 Å². The molecule has 3 aromatic rings. The van der Waals surface area contributed by atoms with Gasteiger partial charge in [-0.05, 0) is 42.7 Å². The summed E-state index contributed by atoms with van der Waals surface area (Å²) in [5, 5.41) is 10.3. The molecule has 166 valence electrons. The number of primary amides is 1. The first-order chi connectivity index (χ1) is 15.2. The maximum Gasteiger partial charge on any atom is 0.352 e. The maximum absolute atomic E-state index is 14.6. The molecule has 0 unspecified atom stereocenters. The molecule has 4 rings (SSSR count). The molecule has 2 aromatic carbocycles. The molecule has 7 nitrogen and oxygen atoms in total. The Labute approximate surface area is 182 Å². The van der Waals surface area contributed by atoms with Gasteiger partial charge < -0.3 is 20.3 Å². The van der Waals surface area contributed by atoms with Gasteiger partial charge in [0.15, 0.2) is 0 Å². The van der Waals surface area contributed by atoms with Gasteiger partial charge in [-0.15, -0.1) is 0 Å². The summed E-state index contributed by atoms with van der Waals surface area (Å²) in [5.74, 6) is -4.05. The van der Waals surface area contributed by atoms with Gasteiger partial charge in [-0.3, -0.25) is 9.59 Å². The summed E-state index contributed by atoms with van der Waals surface area (Å²) in [7, 11) is 0. The maximum atomic E-state index is 14.6. The van der Waals surface area contributed by atoms with E-state index in [0.29, 0.717) is 36.5 Å². The highest BCUT2D eigenvalue weighted by molar-refractivity contribution is 6.02. The molecular weight excluding hydrogens is 420 g/mol. The van der Waals surface area contributed by atoms with Crippen LogP contribution in [0.3, 0.4) is 0 Å². The van der Waals surface area contributed by atoms with E-state index in [9.17, 15) is 28.3 Å². The predicted molar refractivity (Wildman–Crippen MR) is 113 cm³/mol. The van der Waals surface area contributed by atoms with E-state index in [1.165, 1.54) is 13.0 Å². The Morgan fingerprint density at radius 3 is 2.53 bits per heavy atom. The summed E-state index contributed by atoms with van der Waals surface area (Å²) in [6.45, 7) is 2.49. The molecule has 3 N–H and O–H groups in total. The van der Waals surface area contributed by atoms with E-state index >= 15 is 0 Å². The van der Waals surface area contributed by atoms with Crippen molar-refractivity contribution in [2.24, 2.45) is 5.73 Å². The van der Waals surface area contributed by atoms with E-state index in [2.05, 4.69) is 0 Å². The van der Waals surface area contributed by atoms with E-state index in [-0.39, 0.29) is 34.3 Å². The summed E-state index contributed by atoms with van der Waals surface area (Å²) in [5.41, 5.74) is 5.79. The second kappa shape index (κ2) is 8.07. The molecule has 0 bridgehead atoms. The molecule has 9 heteroatoms. The molecule has 1 atom stereocenters. The van der Waals surface area contributed by atoms with Gasteiger partial charge >= 0.3 is 5.97 Å². The Morgan fingerprint density at radius 1 is 1.12 bits per heavy atom. The van der Waals surface area contributed by atoms with Crippen molar-refractivity contribution in [3.8, 4) is 11.1 Å². The predicted octanol–water partition coefficient (Wildman–Crippen LogP) is 3.57. The number of nitrogens with two attached hydrogens (primary N) is 1. The molecule has 1 fully saturated rings. The number of piperidine rings is 1. The molecule has 0 radical (unpaired) electrons. The number of rotatable bonds is 4. The molecule has 1 aliphatic heterocycles. The Hall–Kier alpha value is -3.75. The second-order valence-electron chi connectivity index (χ2n) is 7.91. The largest absolute Gasteiger partial charge is 0.477 e. The number of carbonyl (C=O) groups is 3. The lowest BCUT2D eigenvalue weighted by Gasteiger charge is -2.34. The first-order valence-corrected chi connectivity index (χ1v) is 10.1. The van der Waals surface area contributed by atoms with Crippen LogP contribution in [-0.2, 0) is 4.79 Å². The van der Waals surface area contributed by atoms with Crippen molar-refractivity contribution in [1.29, 1.82) is 0 Å². The van der Waals surface area contributed by atoms with Crippen LogP contribution >= 0.6 is 0 Å². The van der Waals surface area contributed by atoms with Crippen LogP contribution in [0.4, 0.5) is 8.78 Å². The number of hydrogen-bond donors (Lipinski definition) is 2. The van der Waals surface area contributed by atoms with Crippen LogP contribution in [0.5, 0.6) is 0 Å². The van der Waals surface area contributed by atoms with Crippen molar-refractivity contribution in [2.75, 3.05) is 13.1 Å². The number of benzene rings is 2. The fourth-order valence-electron chi connectivity index (χ4n) is 4.46. The topological polar surface area (TPSA) is 106 Å². The molecule has 1 aromatic heterocycles. The number of carboxylic acid groups (broad SMARTS) is 1. The van der Waals surface area contributed by atoms with Crippen LogP contribution in [-0.4, -0.2) is 45.4 Å². The van der Waals surface area contributed by atoms with Crippen LogP contribution in [0.1, 0.15) is 46.7 Å². The number of aromatic nitrogens is 1. The van der Waals surface area contributed by atoms with Crippen LogP contribution in [0.2, 0.25) is 0 Å². The number of nitrogens with zero attached hydrogens (tertiary/aromatic N) is 2. The van der Waals surface area contributed by atoms with Gasteiger partial charge in [0.05, 0.1) is 11.6 Å². The van der Waals surface area contributed by atoms with E-state index in [1.54, 1.807) is 27.7 Å². The van der Waals surface area contributed by atoms with E-state index < -0.39 is 23.5 Å². The number of fused-ring (bicyclic) bond motifs is 1. The SMILES string of the molecule is CC(=O)N1CCC[C@H](n2c(C(=O)O)cc3cc(-c4c(F)cc(F)cc4C(N)=O)ccc32)C1. The first-order valence-electron chi connectivity index (χ1n) is 10.1. The van der Waals surface area contributed by atoms with E-state index in [0.717, 1.165) is 12.5 Å². The number of carbonyl (C=O) groups excluding carboxylic acids is 2. The van der Waals surface area contributed by atoms with Gasteiger partial charge in [-0.1, -0.05) is 6.07 Å². The highest BCUT2D eigenvalue weighted by Gasteiger charge is 2.28. The lowest BCUT2D eigenvalue weighted by atomic mass is 9.97. The molecular formula is C23H21F2N3O4. The lowest BCUT2D eigenvalue weighted by molar-refractivity contribution is -0.130. The first kappa shape index (κ1) is 21.5. The highest BCUT2D eigenvalue weighted by Crippen LogP contribution is 2.34. The van der Waals surface area contributed by atoms with Crippen molar-refractivity contribution in [2.45, 2.75) is 25.8 Å². The van der Waals surface area contributed by atoms with Crippen LogP contribution in [0.15, 0.2) is 36.4 Å². The molecule has 0 saturated carbocycles. The van der Waals surface area contributed by atoms with Crippen LogP contribution in [0, 0.1) is 11.6 Å². The van der Waals surface area contributed by atoms with E-state index in [1.807, 2.05) is 0 Å². The van der Waals surface area contributed by atoms with Gasteiger partial charge in [0.1, 0.15) is 17.3 Å². The van der Waals surface area contributed by atoms with Gasteiger partial charge in [0.25, 0.3) is 0 Å². The normalized spacial score (nSPS) is 16.3. The Balaban J connectivity index is 1.87. The minimum atomic E-state index is -1.13. The molecule has 1 aliphatic rings. The quantitative estimate of drug-likeness (QED) is 0.646. The zero-order valence-electron chi connectivity index (χ0n) is 17.3. The van der Waals surface area contributed by atoms with E-state index in [4.69, 9.17) is 5.73 Å². The summed E-state index contributed by atoms with van der Waals surface area (Å²) in [4.78, 5) is 37.3. The number of aromatic carboxylic acids is 1. The van der Waals surface area contributed by atoms with Crippen molar-refractivity contribution >= 4 is 28.7 Å². The van der Waals surface area contributed by atoms with Gasteiger partial charge in [-0.2, -0.15) is 0 Å². The van der Waals surface area contributed by atoms with Crippen molar-refractivity contribution in [1.82, 2.24) is 9.47 Å². The Kier molecular flexibility index (Phi) is 5.41. The number of halogens is 2. The average Bonchev–Trinajstić information content (AvgIpc) is 3.12.